The van der Waals surface area contributed by atoms with E-state index in [1.54, 1.807) is 0 Å². The second-order valence-electron chi connectivity index (χ2n) is 6.61. The minimum absolute atomic E-state index is 0.0947. The van der Waals surface area contributed by atoms with E-state index in [1.165, 1.54) is 5.56 Å². The Labute approximate surface area is 158 Å². The second-order valence-corrected chi connectivity index (χ2v) is 6.61. The minimum atomic E-state index is -0.0947. The molecule has 0 radical (unpaired) electrons. The summed E-state index contributed by atoms with van der Waals surface area (Å²) in [5.41, 5.74) is 6.73. The highest BCUT2D eigenvalue weighted by molar-refractivity contribution is 6.05. The van der Waals surface area contributed by atoms with E-state index in [0.29, 0.717) is 5.56 Å². The zero-order chi connectivity index (χ0) is 18.8. The van der Waals surface area contributed by atoms with E-state index in [-0.39, 0.29) is 5.91 Å². The molecule has 0 unspecified atom stereocenters. The Morgan fingerprint density at radius 1 is 1.07 bits per heavy atom. The maximum Gasteiger partial charge on any atom is 0.255 e. The average Bonchev–Trinajstić information content (AvgIpc) is 3.12. The zero-order valence-corrected chi connectivity index (χ0v) is 15.4. The van der Waals surface area contributed by atoms with Gasteiger partial charge in [0.1, 0.15) is 5.65 Å². The molecule has 2 aromatic carbocycles. The molecule has 0 aliphatic carbocycles. The van der Waals surface area contributed by atoms with Gasteiger partial charge in [-0.15, -0.1) is 0 Å². The lowest BCUT2D eigenvalue weighted by Gasteiger charge is -2.09. The highest BCUT2D eigenvalue weighted by Crippen LogP contribution is 2.23. The molecule has 1 N–H and O–H groups in total. The lowest BCUT2D eigenvalue weighted by atomic mass is 10.1. The fourth-order valence-corrected chi connectivity index (χ4v) is 3.21. The molecule has 4 nitrogen and oxygen atoms in total. The molecular weight excluding hydrogens is 334 g/mol. The van der Waals surface area contributed by atoms with Crippen LogP contribution in [0.1, 0.15) is 28.4 Å². The van der Waals surface area contributed by atoms with Crippen LogP contribution in [0.2, 0.25) is 0 Å². The normalized spacial score (nSPS) is 10.9. The van der Waals surface area contributed by atoms with Crippen molar-refractivity contribution in [3.63, 3.8) is 0 Å². The first-order chi connectivity index (χ1) is 13.2. The number of imidazole rings is 1. The van der Waals surface area contributed by atoms with Gasteiger partial charge in [0.05, 0.1) is 11.9 Å². The molecule has 0 spiro atoms. The summed E-state index contributed by atoms with van der Waals surface area (Å²) in [6.07, 6.45) is 4.94. The molecule has 0 atom stereocenters. The Kier molecular flexibility index (Phi) is 4.47. The fraction of sp³-hybridized carbons (Fsp3) is 0.130. The van der Waals surface area contributed by atoms with Crippen molar-refractivity contribution >= 4 is 17.2 Å². The van der Waals surface area contributed by atoms with Gasteiger partial charge in [0.25, 0.3) is 5.91 Å². The van der Waals surface area contributed by atoms with Crippen LogP contribution in [0.15, 0.2) is 73.1 Å². The number of carbonyl (C=O) groups is 1. The lowest BCUT2D eigenvalue weighted by Crippen LogP contribution is -2.13. The number of nitrogens with zero attached hydrogens (tertiary/aromatic N) is 2. The summed E-state index contributed by atoms with van der Waals surface area (Å²) in [7, 11) is 0. The first-order valence-corrected chi connectivity index (χ1v) is 9.09. The number of carbonyl (C=O) groups excluding carboxylic acids is 1. The number of rotatable bonds is 4. The maximum atomic E-state index is 12.5. The molecule has 134 valence electrons. The highest BCUT2D eigenvalue weighted by atomic mass is 16.1. The Bertz CT molecular complexity index is 1110. The van der Waals surface area contributed by atoms with Crippen molar-refractivity contribution in [2.75, 3.05) is 5.32 Å². The lowest BCUT2D eigenvalue weighted by molar-refractivity contribution is 0.102. The standard InChI is InChI=1S/C23H21N3O/c1-3-17-12-13-26-21(15-24-22(26)14-17)18-8-10-19(11-9-18)25-23(27)20-7-5-4-6-16(20)2/h4-15H,3H2,1-2H3,(H,25,27). The van der Waals surface area contributed by atoms with Gasteiger partial charge in [-0.2, -0.15) is 0 Å². The summed E-state index contributed by atoms with van der Waals surface area (Å²) in [6.45, 7) is 4.08. The molecule has 0 aliphatic rings. The molecule has 0 aliphatic heterocycles. The second kappa shape index (κ2) is 7.08. The van der Waals surface area contributed by atoms with Crippen LogP contribution in [0.3, 0.4) is 0 Å². The number of fused-ring (bicyclic) bond motifs is 1. The van der Waals surface area contributed by atoms with Gasteiger partial charge in [0.2, 0.25) is 0 Å². The number of hydrogen-bond acceptors (Lipinski definition) is 2. The number of hydrogen-bond donors (Lipinski definition) is 1. The molecule has 2 aromatic heterocycles. The summed E-state index contributed by atoms with van der Waals surface area (Å²) in [5.74, 6) is -0.0947. The Balaban J connectivity index is 1.58. The van der Waals surface area contributed by atoms with E-state index >= 15 is 0 Å². The van der Waals surface area contributed by atoms with Gasteiger partial charge >= 0.3 is 0 Å². The van der Waals surface area contributed by atoms with Crippen molar-refractivity contribution in [2.45, 2.75) is 20.3 Å². The summed E-state index contributed by atoms with van der Waals surface area (Å²) in [4.78, 5) is 17.0. The van der Waals surface area contributed by atoms with Gasteiger partial charge < -0.3 is 5.32 Å². The largest absolute Gasteiger partial charge is 0.322 e. The first-order valence-electron chi connectivity index (χ1n) is 9.09. The molecule has 27 heavy (non-hydrogen) atoms. The minimum Gasteiger partial charge on any atom is -0.322 e. The van der Waals surface area contributed by atoms with Crippen LogP contribution in [0, 0.1) is 6.92 Å². The topological polar surface area (TPSA) is 46.4 Å². The maximum absolute atomic E-state index is 12.5. The SMILES string of the molecule is CCc1ccn2c(-c3ccc(NC(=O)c4ccccc4C)cc3)cnc2c1. The Morgan fingerprint density at radius 2 is 1.85 bits per heavy atom. The van der Waals surface area contributed by atoms with E-state index < -0.39 is 0 Å². The van der Waals surface area contributed by atoms with Gasteiger partial charge in [-0.25, -0.2) is 4.98 Å². The van der Waals surface area contributed by atoms with Crippen molar-refractivity contribution in [3.05, 3.63) is 89.7 Å². The van der Waals surface area contributed by atoms with Crippen LogP contribution in [-0.2, 0) is 6.42 Å². The van der Waals surface area contributed by atoms with E-state index in [4.69, 9.17) is 0 Å². The summed E-state index contributed by atoms with van der Waals surface area (Å²) < 4.78 is 2.08. The molecule has 0 saturated carbocycles. The predicted octanol–water partition coefficient (Wildman–Crippen LogP) is 5.12. The van der Waals surface area contributed by atoms with Crippen LogP contribution in [0.25, 0.3) is 16.9 Å². The fourth-order valence-electron chi connectivity index (χ4n) is 3.21. The van der Waals surface area contributed by atoms with Crippen molar-refractivity contribution in [2.24, 2.45) is 0 Å². The van der Waals surface area contributed by atoms with Gasteiger partial charge in [0, 0.05) is 23.0 Å². The molecule has 1 amide bonds. The van der Waals surface area contributed by atoms with Crippen molar-refractivity contribution in [3.8, 4) is 11.3 Å². The van der Waals surface area contributed by atoms with Crippen LogP contribution in [-0.4, -0.2) is 15.3 Å². The van der Waals surface area contributed by atoms with E-state index in [9.17, 15) is 4.79 Å². The van der Waals surface area contributed by atoms with Gasteiger partial charge in [-0.3, -0.25) is 9.20 Å². The van der Waals surface area contributed by atoms with Gasteiger partial charge in [-0.05, 0) is 54.8 Å². The number of amides is 1. The summed E-state index contributed by atoms with van der Waals surface area (Å²) >= 11 is 0. The molecule has 0 saturated heterocycles. The Morgan fingerprint density at radius 3 is 2.59 bits per heavy atom. The molecule has 4 rings (SSSR count). The highest BCUT2D eigenvalue weighted by Gasteiger charge is 2.10. The van der Waals surface area contributed by atoms with Crippen LogP contribution in [0.5, 0.6) is 0 Å². The third-order valence-electron chi connectivity index (χ3n) is 4.81. The van der Waals surface area contributed by atoms with Crippen LogP contribution in [0.4, 0.5) is 5.69 Å². The van der Waals surface area contributed by atoms with E-state index in [1.807, 2.05) is 61.7 Å². The molecule has 2 heterocycles. The number of aromatic nitrogens is 2. The molecule has 0 fully saturated rings. The number of anilines is 1. The van der Waals surface area contributed by atoms with Gasteiger partial charge in [-0.1, -0.05) is 37.3 Å². The third-order valence-corrected chi connectivity index (χ3v) is 4.81. The van der Waals surface area contributed by atoms with Crippen molar-refractivity contribution in [1.82, 2.24) is 9.38 Å². The summed E-state index contributed by atoms with van der Waals surface area (Å²) in [5, 5.41) is 2.96. The molecule has 4 aromatic rings. The zero-order valence-electron chi connectivity index (χ0n) is 15.4. The number of aryl methyl sites for hydroxylation is 2. The van der Waals surface area contributed by atoms with E-state index in [2.05, 4.69) is 40.0 Å². The molecule has 4 heteroatoms. The van der Waals surface area contributed by atoms with Crippen LogP contribution >= 0.6 is 0 Å². The molecular formula is C23H21N3O. The molecule has 0 bridgehead atoms. The van der Waals surface area contributed by atoms with Crippen molar-refractivity contribution in [1.29, 1.82) is 0 Å². The average molecular weight is 355 g/mol. The summed E-state index contributed by atoms with van der Waals surface area (Å²) in [6, 6.07) is 19.7. The Hall–Kier alpha value is -3.40. The smallest absolute Gasteiger partial charge is 0.255 e. The first kappa shape index (κ1) is 17.0. The predicted molar refractivity (Wildman–Crippen MR) is 109 cm³/mol. The van der Waals surface area contributed by atoms with Crippen molar-refractivity contribution < 1.29 is 4.79 Å². The third kappa shape index (κ3) is 3.34. The number of benzene rings is 2. The van der Waals surface area contributed by atoms with Crippen LogP contribution < -0.4 is 5.32 Å². The van der Waals surface area contributed by atoms with Gasteiger partial charge in [0.15, 0.2) is 0 Å². The number of nitrogens with one attached hydrogen (secondary N) is 1. The number of pyridine rings is 1. The monoisotopic (exact) mass is 355 g/mol. The van der Waals surface area contributed by atoms with E-state index in [0.717, 1.165) is 34.6 Å². The quantitative estimate of drug-likeness (QED) is 0.552.